The van der Waals surface area contributed by atoms with Gasteiger partial charge in [0.25, 0.3) is 0 Å². The third-order valence-corrected chi connectivity index (χ3v) is 3.72. The fourth-order valence-electron chi connectivity index (χ4n) is 2.67. The number of esters is 1. The topological polar surface area (TPSA) is 52.6 Å². The Bertz CT molecular complexity index is 507. The molecule has 1 fully saturated rings. The minimum Gasteiger partial charge on any atom is -0.460 e. The highest BCUT2D eigenvalue weighted by Gasteiger charge is 2.38. The summed E-state index contributed by atoms with van der Waals surface area (Å²) in [5, 5.41) is 0. The van der Waals surface area contributed by atoms with E-state index >= 15 is 0 Å². The fourth-order valence-corrected chi connectivity index (χ4v) is 2.67. The van der Waals surface area contributed by atoms with Crippen LogP contribution in [0.1, 0.15) is 50.4 Å². The number of Topliss-reactive ketones (excluding diaryl/α,β-unsaturated/α-hetero) is 1. The predicted octanol–water partition coefficient (Wildman–Crippen LogP) is 3.15. The number of rotatable bonds is 4. The Labute approximate surface area is 125 Å². The first-order valence-corrected chi connectivity index (χ1v) is 7.31. The molecule has 0 spiro atoms. The standard InChI is InChI=1S/C17H22O4/c1-12(18)20-15-9-10-17(2,3)21-16(15)11-14(19)13-7-5-4-6-8-13/h4-8,15-16H,9-11H2,1-3H3/t15-,16-/m0/s1. The molecular formula is C17H22O4. The van der Waals surface area contributed by atoms with Gasteiger partial charge in [-0.05, 0) is 26.7 Å². The quantitative estimate of drug-likeness (QED) is 0.631. The molecule has 1 aliphatic rings. The number of ether oxygens (including phenoxy) is 2. The van der Waals surface area contributed by atoms with Crippen molar-refractivity contribution < 1.29 is 19.1 Å². The van der Waals surface area contributed by atoms with Crippen LogP contribution in [0.5, 0.6) is 0 Å². The van der Waals surface area contributed by atoms with E-state index in [1.807, 2.05) is 32.0 Å². The molecule has 2 atom stereocenters. The van der Waals surface area contributed by atoms with E-state index in [9.17, 15) is 9.59 Å². The van der Waals surface area contributed by atoms with Crippen molar-refractivity contribution in [3.8, 4) is 0 Å². The van der Waals surface area contributed by atoms with Crippen LogP contribution in [0.3, 0.4) is 0 Å². The Hall–Kier alpha value is -1.68. The molecule has 0 unspecified atom stereocenters. The van der Waals surface area contributed by atoms with E-state index < -0.39 is 0 Å². The van der Waals surface area contributed by atoms with E-state index in [1.165, 1.54) is 6.92 Å². The zero-order valence-corrected chi connectivity index (χ0v) is 12.8. The molecule has 2 rings (SSSR count). The molecule has 0 saturated carbocycles. The summed E-state index contributed by atoms with van der Waals surface area (Å²) in [6.45, 7) is 5.38. The van der Waals surface area contributed by atoms with Crippen molar-refractivity contribution in [3.05, 3.63) is 35.9 Å². The van der Waals surface area contributed by atoms with Crippen LogP contribution >= 0.6 is 0 Å². The highest BCUT2D eigenvalue weighted by atomic mass is 16.6. The van der Waals surface area contributed by atoms with Gasteiger partial charge in [0.15, 0.2) is 5.78 Å². The average Bonchev–Trinajstić information content (AvgIpc) is 2.42. The molecule has 1 aromatic carbocycles. The molecule has 4 nitrogen and oxygen atoms in total. The van der Waals surface area contributed by atoms with Gasteiger partial charge in [-0.1, -0.05) is 30.3 Å². The summed E-state index contributed by atoms with van der Waals surface area (Å²) in [4.78, 5) is 23.5. The van der Waals surface area contributed by atoms with Gasteiger partial charge >= 0.3 is 5.97 Å². The van der Waals surface area contributed by atoms with Gasteiger partial charge in [0.1, 0.15) is 12.2 Å². The van der Waals surface area contributed by atoms with Gasteiger partial charge < -0.3 is 9.47 Å². The molecule has 1 aliphatic heterocycles. The van der Waals surface area contributed by atoms with E-state index in [2.05, 4.69) is 0 Å². The largest absolute Gasteiger partial charge is 0.460 e. The zero-order valence-electron chi connectivity index (χ0n) is 12.8. The van der Waals surface area contributed by atoms with Crippen molar-refractivity contribution in [1.29, 1.82) is 0 Å². The summed E-state index contributed by atoms with van der Waals surface area (Å²) >= 11 is 0. The van der Waals surface area contributed by atoms with Gasteiger partial charge in [0.05, 0.1) is 5.60 Å². The monoisotopic (exact) mass is 290 g/mol. The van der Waals surface area contributed by atoms with E-state index in [4.69, 9.17) is 9.47 Å². The fraction of sp³-hybridized carbons (Fsp3) is 0.529. The Morgan fingerprint density at radius 3 is 2.57 bits per heavy atom. The Morgan fingerprint density at radius 1 is 1.29 bits per heavy atom. The molecule has 1 heterocycles. The normalized spacial score (nSPS) is 24.3. The van der Waals surface area contributed by atoms with Crippen LogP contribution in [-0.2, 0) is 14.3 Å². The van der Waals surface area contributed by atoms with Crippen molar-refractivity contribution in [2.24, 2.45) is 0 Å². The molecule has 0 N–H and O–H groups in total. The minimum atomic E-state index is -0.384. The number of carbonyl (C=O) groups is 2. The first kappa shape index (κ1) is 15.7. The van der Waals surface area contributed by atoms with Gasteiger partial charge in [-0.15, -0.1) is 0 Å². The number of carbonyl (C=O) groups excluding carboxylic acids is 2. The van der Waals surface area contributed by atoms with Gasteiger partial charge in [-0.2, -0.15) is 0 Å². The number of hydrogen-bond acceptors (Lipinski definition) is 4. The molecule has 21 heavy (non-hydrogen) atoms. The summed E-state index contributed by atoms with van der Waals surface area (Å²) in [5.41, 5.74) is 0.365. The predicted molar refractivity (Wildman–Crippen MR) is 79.1 cm³/mol. The lowest BCUT2D eigenvalue weighted by molar-refractivity contribution is -0.185. The molecule has 114 valence electrons. The highest BCUT2D eigenvalue weighted by Crippen LogP contribution is 2.32. The smallest absolute Gasteiger partial charge is 0.302 e. The van der Waals surface area contributed by atoms with Crippen molar-refractivity contribution in [3.63, 3.8) is 0 Å². The molecule has 0 aromatic heterocycles. The van der Waals surface area contributed by atoms with Crippen molar-refractivity contribution in [1.82, 2.24) is 0 Å². The van der Waals surface area contributed by atoms with Crippen LogP contribution in [0.15, 0.2) is 30.3 Å². The Kier molecular flexibility index (Phi) is 4.78. The van der Waals surface area contributed by atoms with Crippen molar-refractivity contribution in [2.45, 2.75) is 57.8 Å². The van der Waals surface area contributed by atoms with Crippen LogP contribution in [0.2, 0.25) is 0 Å². The summed E-state index contributed by atoms with van der Waals surface area (Å²) in [6, 6.07) is 9.12. The number of hydrogen-bond donors (Lipinski definition) is 0. The van der Waals surface area contributed by atoms with E-state index in [-0.39, 0.29) is 36.0 Å². The second-order valence-corrected chi connectivity index (χ2v) is 6.10. The second kappa shape index (κ2) is 6.39. The van der Waals surface area contributed by atoms with Gasteiger partial charge in [-0.3, -0.25) is 9.59 Å². The van der Waals surface area contributed by atoms with Crippen LogP contribution < -0.4 is 0 Å². The van der Waals surface area contributed by atoms with Crippen LogP contribution in [0.25, 0.3) is 0 Å². The second-order valence-electron chi connectivity index (χ2n) is 6.10. The van der Waals surface area contributed by atoms with Gasteiger partial charge in [0.2, 0.25) is 0 Å². The molecule has 0 radical (unpaired) electrons. The number of benzene rings is 1. The Balaban J connectivity index is 2.09. The lowest BCUT2D eigenvalue weighted by Gasteiger charge is -2.40. The van der Waals surface area contributed by atoms with E-state index in [0.717, 1.165) is 12.8 Å². The lowest BCUT2D eigenvalue weighted by Crippen LogP contribution is -2.46. The molecular weight excluding hydrogens is 268 g/mol. The first-order valence-electron chi connectivity index (χ1n) is 7.31. The molecule has 4 heteroatoms. The molecule has 1 aromatic rings. The summed E-state index contributed by atoms with van der Waals surface area (Å²) < 4.78 is 11.3. The van der Waals surface area contributed by atoms with Gasteiger partial charge in [0, 0.05) is 18.9 Å². The maximum atomic E-state index is 12.3. The average molecular weight is 290 g/mol. The summed E-state index contributed by atoms with van der Waals surface area (Å²) in [7, 11) is 0. The Morgan fingerprint density at radius 2 is 1.95 bits per heavy atom. The highest BCUT2D eigenvalue weighted by molar-refractivity contribution is 5.96. The third-order valence-electron chi connectivity index (χ3n) is 3.72. The van der Waals surface area contributed by atoms with E-state index in [0.29, 0.717) is 5.56 Å². The van der Waals surface area contributed by atoms with Crippen molar-refractivity contribution >= 4 is 11.8 Å². The maximum absolute atomic E-state index is 12.3. The summed E-state index contributed by atoms with van der Waals surface area (Å²) in [6.07, 6.45) is 1.03. The molecule has 0 bridgehead atoms. The lowest BCUT2D eigenvalue weighted by atomic mass is 9.90. The maximum Gasteiger partial charge on any atom is 0.302 e. The van der Waals surface area contributed by atoms with Crippen LogP contribution in [0.4, 0.5) is 0 Å². The molecule has 0 aliphatic carbocycles. The number of ketones is 1. The van der Waals surface area contributed by atoms with Crippen molar-refractivity contribution in [2.75, 3.05) is 0 Å². The first-order chi connectivity index (χ1) is 9.87. The van der Waals surface area contributed by atoms with Gasteiger partial charge in [-0.25, -0.2) is 0 Å². The van der Waals surface area contributed by atoms with Crippen LogP contribution in [-0.4, -0.2) is 29.6 Å². The summed E-state index contributed by atoms with van der Waals surface area (Å²) in [5.74, 6) is -0.323. The molecule has 1 saturated heterocycles. The molecule has 0 amide bonds. The third kappa shape index (κ3) is 4.39. The van der Waals surface area contributed by atoms with E-state index in [1.54, 1.807) is 12.1 Å². The zero-order chi connectivity index (χ0) is 15.5. The van der Waals surface area contributed by atoms with Crippen LogP contribution in [0, 0.1) is 0 Å². The SMILES string of the molecule is CC(=O)O[C@H]1CCC(C)(C)O[C@H]1CC(=O)c1ccccc1. The minimum absolute atomic E-state index is 0.00968.